The highest BCUT2D eigenvalue weighted by atomic mass is 35.6. The average molecular weight is 558 g/mol. The SMILES string of the molecule is CC(C)CC(=O)N[C@@H](Oc1ccc(/C=C2/SC(=S)N(Cc3ccccc3)C2=O)cc1)C(Cl)(Cl)Cl. The number of carbonyl (C=O) groups excluding carboxylic acids is 2. The van der Waals surface area contributed by atoms with Crippen LogP contribution in [-0.2, 0) is 16.1 Å². The Morgan fingerprint density at radius 2 is 1.79 bits per heavy atom. The van der Waals surface area contributed by atoms with Crippen molar-refractivity contribution in [3.63, 3.8) is 0 Å². The Labute approximate surface area is 223 Å². The molecule has 1 atom stereocenters. The molecule has 1 saturated heterocycles. The number of rotatable bonds is 8. The van der Waals surface area contributed by atoms with Gasteiger partial charge in [0.1, 0.15) is 10.1 Å². The second kappa shape index (κ2) is 11.8. The molecule has 2 amide bonds. The fourth-order valence-corrected chi connectivity index (χ4v) is 4.64. The van der Waals surface area contributed by atoms with E-state index >= 15 is 0 Å². The number of thioether (sulfide) groups is 1. The van der Waals surface area contributed by atoms with Crippen molar-refractivity contribution in [2.75, 3.05) is 0 Å². The first-order valence-corrected chi connectivity index (χ1v) is 12.8. The van der Waals surface area contributed by atoms with Gasteiger partial charge in [0, 0.05) is 6.42 Å². The van der Waals surface area contributed by atoms with Crippen molar-refractivity contribution in [1.29, 1.82) is 0 Å². The van der Waals surface area contributed by atoms with Crippen molar-refractivity contribution >= 4 is 81.0 Å². The highest BCUT2D eigenvalue weighted by Crippen LogP contribution is 2.35. The van der Waals surface area contributed by atoms with E-state index in [-0.39, 0.29) is 24.2 Å². The minimum atomic E-state index is -1.86. The summed E-state index contributed by atoms with van der Waals surface area (Å²) in [6, 6.07) is 16.6. The third kappa shape index (κ3) is 7.62. The Morgan fingerprint density at radius 1 is 1.15 bits per heavy atom. The molecular formula is C24H23Cl3N2O3S2. The van der Waals surface area contributed by atoms with Crippen molar-refractivity contribution in [3.8, 4) is 5.75 Å². The number of ether oxygens (including phenoxy) is 1. The lowest BCUT2D eigenvalue weighted by Gasteiger charge is -2.26. The van der Waals surface area contributed by atoms with Crippen LogP contribution in [0.15, 0.2) is 59.5 Å². The van der Waals surface area contributed by atoms with Crippen molar-refractivity contribution < 1.29 is 14.3 Å². The van der Waals surface area contributed by atoms with E-state index in [4.69, 9.17) is 51.8 Å². The van der Waals surface area contributed by atoms with Gasteiger partial charge < -0.3 is 10.1 Å². The lowest BCUT2D eigenvalue weighted by molar-refractivity contribution is -0.124. The number of thiocarbonyl (C=S) groups is 1. The van der Waals surface area contributed by atoms with E-state index in [1.807, 2.05) is 44.2 Å². The number of carbonyl (C=O) groups is 2. The zero-order valence-electron chi connectivity index (χ0n) is 18.5. The molecule has 180 valence electrons. The van der Waals surface area contributed by atoms with E-state index in [1.54, 1.807) is 35.2 Å². The van der Waals surface area contributed by atoms with E-state index in [0.717, 1.165) is 11.1 Å². The summed E-state index contributed by atoms with van der Waals surface area (Å²) < 4.78 is 4.38. The predicted molar refractivity (Wildman–Crippen MR) is 144 cm³/mol. The van der Waals surface area contributed by atoms with E-state index in [2.05, 4.69) is 5.32 Å². The van der Waals surface area contributed by atoms with Gasteiger partial charge in [-0.25, -0.2) is 0 Å². The normalized spacial score (nSPS) is 16.3. The molecule has 0 aromatic heterocycles. The molecule has 5 nitrogen and oxygen atoms in total. The van der Waals surface area contributed by atoms with Crippen molar-refractivity contribution in [3.05, 3.63) is 70.6 Å². The van der Waals surface area contributed by atoms with Crippen LogP contribution in [0.4, 0.5) is 0 Å². The third-order valence-electron chi connectivity index (χ3n) is 4.67. The molecule has 0 unspecified atom stereocenters. The van der Waals surface area contributed by atoms with Gasteiger partial charge >= 0.3 is 0 Å². The zero-order chi connectivity index (χ0) is 24.9. The Kier molecular flexibility index (Phi) is 9.29. The van der Waals surface area contributed by atoms with Gasteiger partial charge in [0.05, 0.1) is 11.4 Å². The molecule has 0 radical (unpaired) electrons. The molecule has 34 heavy (non-hydrogen) atoms. The third-order valence-corrected chi connectivity index (χ3v) is 6.64. The maximum atomic E-state index is 12.9. The fraction of sp³-hybridized carbons (Fsp3) is 0.292. The number of halogens is 3. The number of hydrogen-bond donors (Lipinski definition) is 1. The maximum absolute atomic E-state index is 12.9. The summed E-state index contributed by atoms with van der Waals surface area (Å²) >= 11 is 24.7. The van der Waals surface area contributed by atoms with Crippen LogP contribution in [0, 0.1) is 5.92 Å². The smallest absolute Gasteiger partial charge is 0.266 e. The number of nitrogens with zero attached hydrogens (tertiary/aromatic N) is 1. The van der Waals surface area contributed by atoms with Crippen LogP contribution in [-0.4, -0.2) is 31.1 Å². The van der Waals surface area contributed by atoms with E-state index in [9.17, 15) is 9.59 Å². The van der Waals surface area contributed by atoms with Crippen LogP contribution >= 0.6 is 58.8 Å². The summed E-state index contributed by atoms with van der Waals surface area (Å²) in [6.07, 6.45) is 0.885. The Balaban J connectivity index is 1.68. The first-order chi connectivity index (χ1) is 16.0. The van der Waals surface area contributed by atoms with Crippen LogP contribution in [0.5, 0.6) is 5.75 Å². The molecule has 0 saturated carbocycles. The Hall–Kier alpha value is -1.77. The number of nitrogens with one attached hydrogen (secondary N) is 1. The highest BCUT2D eigenvalue weighted by Gasteiger charge is 2.36. The summed E-state index contributed by atoms with van der Waals surface area (Å²) in [5, 5.41) is 2.61. The maximum Gasteiger partial charge on any atom is 0.266 e. The molecule has 3 rings (SSSR count). The monoisotopic (exact) mass is 556 g/mol. The Bertz CT molecular complexity index is 1070. The molecule has 0 aliphatic carbocycles. The van der Waals surface area contributed by atoms with E-state index < -0.39 is 10.0 Å². The molecule has 1 aliphatic heterocycles. The number of amides is 2. The van der Waals surface area contributed by atoms with Gasteiger partial charge in [-0.1, -0.05) is 115 Å². The van der Waals surface area contributed by atoms with Crippen LogP contribution in [0.1, 0.15) is 31.4 Å². The van der Waals surface area contributed by atoms with Gasteiger partial charge in [-0.15, -0.1) is 0 Å². The lowest BCUT2D eigenvalue weighted by atomic mass is 10.1. The minimum Gasteiger partial charge on any atom is -0.466 e. The average Bonchev–Trinajstić information content (AvgIpc) is 3.01. The molecular weight excluding hydrogens is 535 g/mol. The van der Waals surface area contributed by atoms with E-state index in [0.29, 0.717) is 21.5 Å². The van der Waals surface area contributed by atoms with Crippen molar-refractivity contribution in [2.24, 2.45) is 5.92 Å². The van der Waals surface area contributed by atoms with Crippen LogP contribution in [0.2, 0.25) is 0 Å². The first-order valence-electron chi connectivity index (χ1n) is 10.4. The molecule has 10 heteroatoms. The van der Waals surface area contributed by atoms with Gasteiger partial charge in [0.15, 0.2) is 0 Å². The molecule has 2 aromatic rings. The summed E-state index contributed by atoms with van der Waals surface area (Å²) in [4.78, 5) is 27.1. The summed E-state index contributed by atoms with van der Waals surface area (Å²) in [5.74, 6) is 0.134. The lowest BCUT2D eigenvalue weighted by Crippen LogP contribution is -2.48. The topological polar surface area (TPSA) is 58.6 Å². The molecule has 2 aromatic carbocycles. The number of hydrogen-bond acceptors (Lipinski definition) is 5. The molecule has 0 spiro atoms. The molecule has 1 fully saturated rings. The number of benzene rings is 2. The van der Waals surface area contributed by atoms with Crippen LogP contribution in [0.25, 0.3) is 6.08 Å². The molecule has 1 N–H and O–H groups in total. The standard InChI is InChI=1S/C24H23Cl3N2O3S2/c1-15(2)12-20(30)28-22(24(25,26)27)32-18-10-8-16(9-11-18)13-19-21(31)29(23(33)34-19)14-17-6-4-3-5-7-17/h3-11,13,15,22H,12,14H2,1-2H3,(H,28,30)/b19-13+/t22-/m0/s1. The first kappa shape index (κ1) is 26.8. The van der Waals surface area contributed by atoms with Gasteiger partial charge in [-0.05, 0) is 35.3 Å². The molecule has 0 bridgehead atoms. The van der Waals surface area contributed by atoms with Crippen LogP contribution in [0.3, 0.4) is 0 Å². The van der Waals surface area contributed by atoms with E-state index in [1.165, 1.54) is 11.8 Å². The van der Waals surface area contributed by atoms with Gasteiger partial charge in [0.2, 0.25) is 15.9 Å². The number of alkyl halides is 3. The van der Waals surface area contributed by atoms with Crippen molar-refractivity contribution in [2.45, 2.75) is 36.8 Å². The fourth-order valence-electron chi connectivity index (χ4n) is 3.09. The Morgan fingerprint density at radius 3 is 2.38 bits per heavy atom. The second-order valence-corrected chi connectivity index (χ2v) is 12.1. The summed E-state index contributed by atoms with van der Waals surface area (Å²) in [5.41, 5.74) is 1.78. The van der Waals surface area contributed by atoms with Gasteiger partial charge in [0.25, 0.3) is 5.91 Å². The zero-order valence-corrected chi connectivity index (χ0v) is 22.4. The minimum absolute atomic E-state index is 0.136. The highest BCUT2D eigenvalue weighted by molar-refractivity contribution is 8.26. The summed E-state index contributed by atoms with van der Waals surface area (Å²) in [7, 11) is 0. The van der Waals surface area contributed by atoms with Crippen molar-refractivity contribution in [1.82, 2.24) is 10.2 Å². The quantitative estimate of drug-likeness (QED) is 0.178. The van der Waals surface area contributed by atoms with Gasteiger partial charge in [-0.3, -0.25) is 14.5 Å². The second-order valence-electron chi connectivity index (χ2n) is 8.03. The predicted octanol–water partition coefficient (Wildman–Crippen LogP) is 6.33. The molecule has 1 heterocycles. The van der Waals surface area contributed by atoms with Crippen LogP contribution < -0.4 is 10.1 Å². The summed E-state index contributed by atoms with van der Waals surface area (Å²) in [6.45, 7) is 4.26. The largest absolute Gasteiger partial charge is 0.466 e. The molecule has 1 aliphatic rings. The van der Waals surface area contributed by atoms with Gasteiger partial charge in [-0.2, -0.15) is 0 Å².